The molecule has 0 saturated carbocycles. The van der Waals surface area contributed by atoms with E-state index in [0.29, 0.717) is 16.3 Å². The molecule has 0 N–H and O–H groups in total. The van der Waals surface area contributed by atoms with Gasteiger partial charge < -0.3 is 9.64 Å². The number of hydrogen-bond acceptors (Lipinski definition) is 3. The van der Waals surface area contributed by atoms with Gasteiger partial charge in [-0.05, 0) is 13.8 Å². The number of fused-ring (bicyclic) bond motifs is 1. The van der Waals surface area contributed by atoms with Crippen LogP contribution in [0.4, 0.5) is 8.78 Å². The minimum absolute atomic E-state index is 0.165. The summed E-state index contributed by atoms with van der Waals surface area (Å²) in [5, 5.41) is 0.352. The molecule has 20 heavy (non-hydrogen) atoms. The Kier molecular flexibility index (Phi) is 4.13. The molecule has 0 aliphatic carbocycles. The first-order chi connectivity index (χ1) is 9.34. The van der Waals surface area contributed by atoms with Gasteiger partial charge in [-0.15, -0.1) is 0 Å². The number of carbonyl (C=O) groups is 1. The molecule has 0 atom stereocenters. The third kappa shape index (κ3) is 2.70. The van der Waals surface area contributed by atoms with Crippen molar-refractivity contribution in [2.24, 2.45) is 5.41 Å². The summed E-state index contributed by atoms with van der Waals surface area (Å²) in [6.45, 7) is 3.09. The molecule has 1 amide bonds. The third-order valence-electron chi connectivity index (χ3n) is 3.28. The second-order valence-corrected chi connectivity index (χ2v) is 5.61. The summed E-state index contributed by atoms with van der Waals surface area (Å²) < 4.78 is 31.4. The van der Waals surface area contributed by atoms with Crippen molar-refractivity contribution in [1.29, 1.82) is 0 Å². The Bertz CT molecular complexity index is 523. The lowest BCUT2D eigenvalue weighted by Gasteiger charge is -2.30. The van der Waals surface area contributed by atoms with Gasteiger partial charge in [-0.3, -0.25) is 9.78 Å². The third-order valence-corrected chi connectivity index (χ3v) is 3.55. The van der Waals surface area contributed by atoms with Gasteiger partial charge >= 0.3 is 0 Å². The quantitative estimate of drug-likeness (QED) is 0.844. The van der Waals surface area contributed by atoms with E-state index < -0.39 is 17.7 Å². The van der Waals surface area contributed by atoms with Gasteiger partial charge in [-0.1, -0.05) is 11.6 Å². The van der Waals surface area contributed by atoms with E-state index in [4.69, 9.17) is 16.3 Å². The molecule has 2 rings (SSSR count). The lowest BCUT2D eigenvalue weighted by atomic mass is 9.92. The van der Waals surface area contributed by atoms with E-state index in [1.165, 1.54) is 31.1 Å². The number of ether oxygens (including phenoxy) is 1. The van der Waals surface area contributed by atoms with E-state index in [-0.39, 0.29) is 19.7 Å². The Labute approximate surface area is 120 Å². The highest BCUT2D eigenvalue weighted by atomic mass is 35.5. The molecule has 1 aromatic rings. The van der Waals surface area contributed by atoms with Crippen molar-refractivity contribution in [3.63, 3.8) is 0 Å². The molecule has 0 aromatic carbocycles. The van der Waals surface area contributed by atoms with E-state index in [2.05, 4.69) is 4.98 Å². The number of hydrogen-bond donors (Lipinski definition) is 0. The molecule has 1 aromatic heterocycles. The fraction of sp³-hybridized carbons (Fsp3) is 0.538. The average molecular weight is 305 g/mol. The Morgan fingerprint density at radius 2 is 2.20 bits per heavy atom. The molecule has 0 saturated heterocycles. The van der Waals surface area contributed by atoms with Gasteiger partial charge in [0.2, 0.25) is 5.91 Å². The van der Waals surface area contributed by atoms with Gasteiger partial charge in [0.15, 0.2) is 0 Å². The summed E-state index contributed by atoms with van der Waals surface area (Å²) in [6.07, 6.45) is 0.250. The van der Waals surface area contributed by atoms with Crippen LogP contribution in [-0.4, -0.2) is 35.4 Å². The van der Waals surface area contributed by atoms with Crippen LogP contribution in [0.5, 0.6) is 5.75 Å². The van der Waals surface area contributed by atoms with Crippen LogP contribution in [-0.2, 0) is 11.3 Å². The molecule has 1 aliphatic heterocycles. The van der Waals surface area contributed by atoms with Crippen molar-refractivity contribution in [1.82, 2.24) is 9.88 Å². The van der Waals surface area contributed by atoms with E-state index in [9.17, 15) is 13.6 Å². The molecule has 1 aliphatic rings. The topological polar surface area (TPSA) is 42.4 Å². The lowest BCUT2D eigenvalue weighted by Crippen LogP contribution is -2.45. The zero-order chi connectivity index (χ0) is 14.9. The van der Waals surface area contributed by atoms with Crippen molar-refractivity contribution < 1.29 is 18.3 Å². The summed E-state index contributed by atoms with van der Waals surface area (Å²) in [4.78, 5) is 17.5. The Morgan fingerprint density at radius 3 is 2.85 bits per heavy atom. The molecule has 0 spiro atoms. The van der Waals surface area contributed by atoms with Crippen LogP contribution >= 0.6 is 11.6 Å². The first kappa shape index (κ1) is 15.0. The Morgan fingerprint density at radius 1 is 1.50 bits per heavy atom. The number of alkyl halides is 2. The first-order valence-electron chi connectivity index (χ1n) is 6.16. The molecule has 0 unspecified atom stereocenters. The molecule has 7 heteroatoms. The van der Waals surface area contributed by atoms with Crippen molar-refractivity contribution in [2.75, 3.05) is 13.2 Å². The van der Waals surface area contributed by atoms with Crippen molar-refractivity contribution in [2.45, 2.75) is 26.8 Å². The number of nitrogens with zero attached hydrogens (tertiary/aromatic N) is 2. The monoisotopic (exact) mass is 304 g/mol. The van der Waals surface area contributed by atoms with Crippen molar-refractivity contribution in [3.8, 4) is 5.75 Å². The standard InChI is InChI=1S/C13H15ClF2N2O2/c1-13(2,11(15)16)12(19)18-3-4-20-10-8(7-18)5-17-6-9(10)14/h5-6,11H,3-4,7H2,1-2H3. The van der Waals surface area contributed by atoms with Crippen LogP contribution in [0.25, 0.3) is 0 Å². The zero-order valence-electron chi connectivity index (χ0n) is 11.2. The van der Waals surface area contributed by atoms with Gasteiger partial charge in [0.05, 0.1) is 13.1 Å². The number of amides is 1. The van der Waals surface area contributed by atoms with Crippen LogP contribution in [0.15, 0.2) is 12.4 Å². The second-order valence-electron chi connectivity index (χ2n) is 5.21. The van der Waals surface area contributed by atoms with E-state index in [1.807, 2.05) is 0 Å². The summed E-state index contributed by atoms with van der Waals surface area (Å²) in [5.74, 6) is -0.143. The molecule has 110 valence electrons. The lowest BCUT2D eigenvalue weighted by molar-refractivity contribution is -0.149. The Balaban J connectivity index is 2.26. The summed E-state index contributed by atoms with van der Waals surface area (Å²) in [5.41, 5.74) is -1.11. The summed E-state index contributed by atoms with van der Waals surface area (Å²) in [6, 6.07) is 0. The molecule has 0 radical (unpaired) electrons. The molecule has 0 bridgehead atoms. The highest BCUT2D eigenvalue weighted by Gasteiger charge is 2.41. The predicted molar refractivity (Wildman–Crippen MR) is 69.9 cm³/mol. The molecular weight excluding hydrogens is 290 g/mol. The predicted octanol–water partition coefficient (Wildman–Crippen LogP) is 2.75. The SMILES string of the molecule is CC(C)(C(=O)N1CCOc2c(Cl)cncc2C1)C(F)F. The van der Waals surface area contributed by atoms with Crippen LogP contribution < -0.4 is 4.74 Å². The molecule has 0 fully saturated rings. The van der Waals surface area contributed by atoms with Crippen LogP contribution in [0.2, 0.25) is 5.02 Å². The van der Waals surface area contributed by atoms with Crippen molar-refractivity contribution in [3.05, 3.63) is 23.0 Å². The minimum atomic E-state index is -2.73. The molecule has 2 heterocycles. The van der Waals surface area contributed by atoms with Gasteiger partial charge in [0.1, 0.15) is 22.8 Å². The zero-order valence-corrected chi connectivity index (χ0v) is 12.0. The number of rotatable bonds is 2. The van der Waals surface area contributed by atoms with E-state index >= 15 is 0 Å². The maximum absolute atomic E-state index is 13.0. The van der Waals surface area contributed by atoms with Crippen LogP contribution in [0, 0.1) is 5.41 Å². The largest absolute Gasteiger partial charge is 0.490 e. The number of halogens is 3. The highest BCUT2D eigenvalue weighted by molar-refractivity contribution is 6.32. The second kappa shape index (κ2) is 5.52. The van der Waals surface area contributed by atoms with E-state index in [1.54, 1.807) is 0 Å². The maximum atomic E-state index is 13.0. The van der Waals surface area contributed by atoms with Crippen molar-refractivity contribution >= 4 is 17.5 Å². The smallest absolute Gasteiger partial charge is 0.252 e. The van der Waals surface area contributed by atoms with Gasteiger partial charge in [-0.2, -0.15) is 0 Å². The fourth-order valence-corrected chi connectivity index (χ4v) is 2.19. The van der Waals surface area contributed by atoms with E-state index in [0.717, 1.165) is 0 Å². The van der Waals surface area contributed by atoms with Crippen LogP contribution in [0.3, 0.4) is 0 Å². The normalized spacial score (nSPS) is 15.6. The number of pyridine rings is 1. The molecular formula is C13H15ClF2N2O2. The maximum Gasteiger partial charge on any atom is 0.252 e. The molecule has 4 nitrogen and oxygen atoms in total. The summed E-state index contributed by atoms with van der Waals surface area (Å²) in [7, 11) is 0. The van der Waals surface area contributed by atoms with Gasteiger partial charge in [-0.25, -0.2) is 8.78 Å². The average Bonchev–Trinajstić information content (AvgIpc) is 2.60. The Hall–Kier alpha value is -1.43. The van der Waals surface area contributed by atoms with Gasteiger partial charge in [0.25, 0.3) is 6.43 Å². The minimum Gasteiger partial charge on any atom is -0.490 e. The fourth-order valence-electron chi connectivity index (χ4n) is 1.95. The summed E-state index contributed by atoms with van der Waals surface area (Å²) >= 11 is 5.97. The van der Waals surface area contributed by atoms with Gasteiger partial charge in [0, 0.05) is 18.0 Å². The number of aromatic nitrogens is 1. The highest BCUT2D eigenvalue weighted by Crippen LogP contribution is 2.33. The number of carbonyl (C=O) groups excluding carboxylic acids is 1. The first-order valence-corrected chi connectivity index (χ1v) is 6.54. The van der Waals surface area contributed by atoms with Crippen LogP contribution in [0.1, 0.15) is 19.4 Å².